The lowest BCUT2D eigenvalue weighted by molar-refractivity contribution is 0.174. The van der Waals surface area contributed by atoms with Gasteiger partial charge in [0, 0.05) is 26.9 Å². The highest BCUT2D eigenvalue weighted by Gasteiger charge is 2.33. The summed E-state index contributed by atoms with van der Waals surface area (Å²) in [4.78, 5) is 10.0. The van der Waals surface area contributed by atoms with E-state index in [0.29, 0.717) is 17.4 Å². The Kier molecular flexibility index (Phi) is 5.75. The SMILES string of the molecule is Clc1ccc2nc(N3N=C(c4ccc(Br)cc4)C[C@H]3c3ccc4c(c3)OCO4)nc(-c3ccccc3)c2c1. The Labute approximate surface area is 232 Å². The van der Waals surface area contributed by atoms with E-state index < -0.39 is 0 Å². The molecule has 38 heavy (non-hydrogen) atoms. The first-order valence-electron chi connectivity index (χ1n) is 12.2. The number of aromatic nitrogens is 2. The van der Waals surface area contributed by atoms with Crippen LogP contribution >= 0.6 is 27.5 Å². The molecule has 0 aliphatic carbocycles. The number of hydrogen-bond acceptors (Lipinski definition) is 6. The van der Waals surface area contributed by atoms with E-state index in [1.165, 1.54) is 0 Å². The quantitative estimate of drug-likeness (QED) is 0.216. The van der Waals surface area contributed by atoms with Gasteiger partial charge in [-0.05, 0) is 53.6 Å². The van der Waals surface area contributed by atoms with Crippen molar-refractivity contribution in [3.05, 3.63) is 112 Å². The smallest absolute Gasteiger partial charge is 0.247 e. The average molecular weight is 584 g/mol. The van der Waals surface area contributed by atoms with Gasteiger partial charge in [0.15, 0.2) is 11.5 Å². The van der Waals surface area contributed by atoms with Gasteiger partial charge < -0.3 is 9.47 Å². The summed E-state index contributed by atoms with van der Waals surface area (Å²) in [6, 6.07) is 29.9. The molecular formula is C30H20BrClN4O2. The van der Waals surface area contributed by atoms with Gasteiger partial charge in [-0.25, -0.2) is 15.0 Å². The number of halogens is 2. The Morgan fingerprint density at radius 3 is 2.47 bits per heavy atom. The molecule has 8 heteroatoms. The molecular weight excluding hydrogens is 564 g/mol. The molecule has 2 aliphatic rings. The number of hydrogen-bond donors (Lipinski definition) is 0. The third-order valence-electron chi connectivity index (χ3n) is 6.77. The van der Waals surface area contributed by atoms with Crippen LogP contribution in [0.2, 0.25) is 5.02 Å². The number of hydrazone groups is 1. The van der Waals surface area contributed by atoms with Crippen molar-refractivity contribution in [1.29, 1.82) is 0 Å². The molecule has 1 atom stereocenters. The maximum atomic E-state index is 6.38. The number of nitrogens with zero attached hydrogens (tertiary/aromatic N) is 4. The van der Waals surface area contributed by atoms with Gasteiger partial charge in [0.05, 0.1) is 23.0 Å². The van der Waals surface area contributed by atoms with Crippen LogP contribution in [0.5, 0.6) is 11.5 Å². The second-order valence-electron chi connectivity index (χ2n) is 9.13. The molecule has 0 bridgehead atoms. The van der Waals surface area contributed by atoms with Gasteiger partial charge in [0.2, 0.25) is 12.7 Å². The molecule has 0 saturated carbocycles. The van der Waals surface area contributed by atoms with E-state index in [4.69, 9.17) is 36.1 Å². The number of ether oxygens (including phenoxy) is 2. The summed E-state index contributed by atoms with van der Waals surface area (Å²) in [5.74, 6) is 2.00. The number of fused-ring (bicyclic) bond motifs is 2. The van der Waals surface area contributed by atoms with Crippen LogP contribution in [0, 0.1) is 0 Å². The van der Waals surface area contributed by atoms with Crippen molar-refractivity contribution in [2.45, 2.75) is 12.5 Å². The van der Waals surface area contributed by atoms with Gasteiger partial charge in [-0.3, -0.25) is 0 Å². The van der Waals surface area contributed by atoms with Crippen LogP contribution in [0.15, 0.2) is 101 Å². The summed E-state index contributed by atoms with van der Waals surface area (Å²) in [5.41, 5.74) is 5.66. The molecule has 0 amide bonds. The van der Waals surface area contributed by atoms with Crippen molar-refractivity contribution < 1.29 is 9.47 Å². The molecule has 5 aromatic rings. The van der Waals surface area contributed by atoms with E-state index in [1.807, 2.05) is 77.8 Å². The van der Waals surface area contributed by atoms with Crippen molar-refractivity contribution in [1.82, 2.24) is 9.97 Å². The van der Waals surface area contributed by atoms with Crippen LogP contribution in [0.1, 0.15) is 23.6 Å². The predicted octanol–water partition coefficient (Wildman–Crippen LogP) is 7.80. The minimum absolute atomic E-state index is 0.128. The monoisotopic (exact) mass is 582 g/mol. The molecule has 0 saturated heterocycles. The molecule has 2 aliphatic heterocycles. The van der Waals surface area contributed by atoms with Crippen molar-refractivity contribution >= 4 is 50.1 Å². The first kappa shape index (κ1) is 23.2. The lowest BCUT2D eigenvalue weighted by atomic mass is 9.98. The first-order valence-corrected chi connectivity index (χ1v) is 13.3. The van der Waals surface area contributed by atoms with Gasteiger partial charge in [-0.15, -0.1) is 0 Å². The standard InChI is InChI=1S/C30H20BrClN4O2/c31-21-9-6-18(7-10-21)25-16-26(20-8-13-27-28(14-20)38-17-37-27)36(35-25)30-33-24-12-11-22(32)15-23(24)29(34-30)19-4-2-1-3-5-19/h1-15,26H,16-17H2/t26-/m0/s1. The molecule has 0 N–H and O–H groups in total. The highest BCUT2D eigenvalue weighted by atomic mass is 79.9. The van der Waals surface area contributed by atoms with E-state index >= 15 is 0 Å². The Bertz CT molecular complexity index is 1710. The molecule has 6 nitrogen and oxygen atoms in total. The Morgan fingerprint density at radius 1 is 0.816 bits per heavy atom. The highest BCUT2D eigenvalue weighted by molar-refractivity contribution is 9.10. The molecule has 186 valence electrons. The van der Waals surface area contributed by atoms with Crippen molar-refractivity contribution in [3.8, 4) is 22.8 Å². The molecule has 0 fully saturated rings. The first-order chi connectivity index (χ1) is 18.6. The maximum absolute atomic E-state index is 6.38. The van der Waals surface area contributed by atoms with Crippen LogP contribution in [0.4, 0.5) is 5.95 Å². The predicted molar refractivity (Wildman–Crippen MR) is 153 cm³/mol. The van der Waals surface area contributed by atoms with E-state index in [-0.39, 0.29) is 12.8 Å². The second kappa shape index (κ2) is 9.42. The van der Waals surface area contributed by atoms with E-state index in [9.17, 15) is 0 Å². The Balaban J connectivity index is 1.40. The van der Waals surface area contributed by atoms with Crippen LogP contribution in [0.25, 0.3) is 22.2 Å². The summed E-state index contributed by atoms with van der Waals surface area (Å²) in [7, 11) is 0. The molecule has 4 aromatic carbocycles. The maximum Gasteiger partial charge on any atom is 0.247 e. The third kappa shape index (κ3) is 4.18. The lowest BCUT2D eigenvalue weighted by Crippen LogP contribution is -2.21. The molecule has 3 heterocycles. The third-order valence-corrected chi connectivity index (χ3v) is 7.53. The average Bonchev–Trinajstić information content (AvgIpc) is 3.61. The fourth-order valence-corrected chi connectivity index (χ4v) is 5.33. The van der Waals surface area contributed by atoms with Crippen LogP contribution in [-0.4, -0.2) is 22.5 Å². The summed E-state index contributed by atoms with van der Waals surface area (Å²) in [5, 5.41) is 8.54. The number of benzene rings is 4. The lowest BCUT2D eigenvalue weighted by Gasteiger charge is -2.23. The fraction of sp³-hybridized carbons (Fsp3) is 0.100. The second-order valence-corrected chi connectivity index (χ2v) is 10.5. The molecule has 0 radical (unpaired) electrons. The van der Waals surface area contributed by atoms with E-state index in [0.717, 1.165) is 55.0 Å². The van der Waals surface area contributed by atoms with Gasteiger partial charge in [0.25, 0.3) is 0 Å². The largest absolute Gasteiger partial charge is 0.454 e. The summed E-state index contributed by atoms with van der Waals surface area (Å²) in [6.45, 7) is 0.227. The fourth-order valence-electron chi connectivity index (χ4n) is 4.90. The van der Waals surface area contributed by atoms with Crippen molar-refractivity contribution in [3.63, 3.8) is 0 Å². The minimum atomic E-state index is -0.128. The highest BCUT2D eigenvalue weighted by Crippen LogP contribution is 2.41. The summed E-state index contributed by atoms with van der Waals surface area (Å²) >= 11 is 9.91. The number of anilines is 1. The van der Waals surface area contributed by atoms with Crippen LogP contribution < -0.4 is 14.5 Å². The van der Waals surface area contributed by atoms with Gasteiger partial charge in [-0.1, -0.05) is 76.1 Å². The van der Waals surface area contributed by atoms with Gasteiger partial charge in [-0.2, -0.15) is 5.10 Å². The topological polar surface area (TPSA) is 59.8 Å². The van der Waals surface area contributed by atoms with Gasteiger partial charge >= 0.3 is 0 Å². The Morgan fingerprint density at radius 2 is 1.63 bits per heavy atom. The zero-order valence-corrected chi connectivity index (χ0v) is 22.4. The molecule has 0 unspecified atom stereocenters. The van der Waals surface area contributed by atoms with E-state index in [2.05, 4.69) is 34.1 Å². The van der Waals surface area contributed by atoms with Crippen LogP contribution in [-0.2, 0) is 0 Å². The summed E-state index contributed by atoms with van der Waals surface area (Å²) in [6.07, 6.45) is 0.684. The summed E-state index contributed by atoms with van der Waals surface area (Å²) < 4.78 is 12.3. The molecule has 0 spiro atoms. The zero-order valence-electron chi connectivity index (χ0n) is 20.0. The normalized spacial score (nSPS) is 16.2. The number of rotatable bonds is 4. The van der Waals surface area contributed by atoms with Crippen LogP contribution in [0.3, 0.4) is 0 Å². The Hall–Kier alpha value is -3.94. The zero-order chi connectivity index (χ0) is 25.6. The molecule has 1 aromatic heterocycles. The van der Waals surface area contributed by atoms with E-state index in [1.54, 1.807) is 0 Å². The van der Waals surface area contributed by atoms with Crippen molar-refractivity contribution in [2.24, 2.45) is 5.10 Å². The van der Waals surface area contributed by atoms with Gasteiger partial charge in [0.1, 0.15) is 0 Å². The minimum Gasteiger partial charge on any atom is -0.454 e. The molecule has 7 rings (SSSR count). The van der Waals surface area contributed by atoms with Crippen molar-refractivity contribution in [2.75, 3.05) is 11.8 Å².